The van der Waals surface area contributed by atoms with Crippen LogP contribution in [0.15, 0.2) is 4.99 Å². The average Bonchev–Trinajstić information content (AvgIpc) is 2.71. The highest BCUT2D eigenvalue weighted by atomic mass is 16.5. The lowest BCUT2D eigenvalue weighted by Crippen LogP contribution is -2.40. The minimum absolute atomic E-state index is 0.0415. The van der Waals surface area contributed by atoms with Gasteiger partial charge in [0, 0.05) is 26.7 Å². The van der Waals surface area contributed by atoms with E-state index in [9.17, 15) is 4.79 Å². The molecule has 0 radical (unpaired) electrons. The highest BCUT2D eigenvalue weighted by Gasteiger charge is 2.36. The zero-order valence-corrected chi connectivity index (χ0v) is 11.2. The van der Waals surface area contributed by atoms with Crippen molar-refractivity contribution >= 4 is 11.9 Å². The van der Waals surface area contributed by atoms with Crippen molar-refractivity contribution in [1.82, 2.24) is 10.2 Å². The highest BCUT2D eigenvalue weighted by molar-refractivity contribution is 5.82. The van der Waals surface area contributed by atoms with E-state index in [0.717, 1.165) is 25.5 Å². The largest absolute Gasteiger partial charge is 0.469 e. The second kappa shape index (κ2) is 6.47. The first-order valence-corrected chi connectivity index (χ1v) is 6.17. The van der Waals surface area contributed by atoms with E-state index in [-0.39, 0.29) is 11.9 Å². The van der Waals surface area contributed by atoms with Gasteiger partial charge < -0.3 is 15.0 Å². The predicted molar refractivity (Wildman–Crippen MR) is 67.9 cm³/mol. The number of nitrogens with zero attached hydrogens (tertiary/aromatic N) is 2. The molecular weight excluding hydrogens is 218 g/mol. The number of hydrogen-bond acceptors (Lipinski definition) is 3. The lowest BCUT2D eigenvalue weighted by molar-refractivity contribution is -0.145. The van der Waals surface area contributed by atoms with Crippen LogP contribution in [-0.2, 0) is 9.53 Å². The summed E-state index contributed by atoms with van der Waals surface area (Å²) in [6.07, 6.45) is 1.06. The van der Waals surface area contributed by atoms with Crippen LogP contribution in [0.4, 0.5) is 0 Å². The molecule has 1 heterocycles. The monoisotopic (exact) mass is 241 g/mol. The number of hydrogen-bond donors (Lipinski definition) is 1. The molecule has 98 valence electrons. The van der Waals surface area contributed by atoms with Crippen molar-refractivity contribution in [2.75, 3.05) is 33.8 Å². The third-order valence-corrected chi connectivity index (χ3v) is 3.16. The maximum absolute atomic E-state index is 11.6. The summed E-state index contributed by atoms with van der Waals surface area (Å²) in [7, 11) is 3.22. The fraction of sp³-hybridized carbons (Fsp3) is 0.833. The van der Waals surface area contributed by atoms with Crippen molar-refractivity contribution in [3.8, 4) is 0 Å². The molecule has 0 aromatic rings. The van der Waals surface area contributed by atoms with E-state index >= 15 is 0 Å². The van der Waals surface area contributed by atoms with E-state index in [1.54, 1.807) is 7.05 Å². The molecule has 0 saturated carbocycles. The minimum Gasteiger partial charge on any atom is -0.469 e. The molecule has 0 spiro atoms. The second-order valence-electron chi connectivity index (χ2n) is 4.49. The lowest BCUT2D eigenvalue weighted by atomic mass is 9.99. The van der Waals surface area contributed by atoms with Crippen LogP contribution in [-0.4, -0.2) is 50.6 Å². The van der Waals surface area contributed by atoms with Gasteiger partial charge in [0.15, 0.2) is 5.96 Å². The third kappa shape index (κ3) is 3.35. The highest BCUT2D eigenvalue weighted by Crippen LogP contribution is 2.23. The van der Waals surface area contributed by atoms with Gasteiger partial charge >= 0.3 is 5.97 Å². The molecule has 1 aliphatic rings. The van der Waals surface area contributed by atoms with Crippen molar-refractivity contribution in [2.45, 2.75) is 20.3 Å². The molecule has 0 aliphatic carbocycles. The second-order valence-corrected chi connectivity index (χ2v) is 4.49. The maximum atomic E-state index is 11.6. The minimum atomic E-state index is -0.119. The lowest BCUT2D eigenvalue weighted by Gasteiger charge is -2.21. The van der Waals surface area contributed by atoms with Crippen LogP contribution in [0.1, 0.15) is 20.3 Å². The van der Waals surface area contributed by atoms with Gasteiger partial charge in [0.1, 0.15) is 0 Å². The van der Waals surface area contributed by atoms with E-state index in [1.807, 2.05) is 0 Å². The van der Waals surface area contributed by atoms with Crippen molar-refractivity contribution in [3.05, 3.63) is 0 Å². The SMILES string of the molecule is CCCNC(=NC)N1CC(C)C(C(=O)OC)C1. The Morgan fingerprint density at radius 1 is 1.53 bits per heavy atom. The summed E-state index contributed by atoms with van der Waals surface area (Å²) in [5.41, 5.74) is 0. The molecule has 17 heavy (non-hydrogen) atoms. The van der Waals surface area contributed by atoms with Crippen molar-refractivity contribution < 1.29 is 9.53 Å². The summed E-state index contributed by atoms with van der Waals surface area (Å²) in [6.45, 7) is 6.64. The molecule has 1 fully saturated rings. The summed E-state index contributed by atoms with van der Waals surface area (Å²) in [6, 6.07) is 0. The van der Waals surface area contributed by atoms with E-state index < -0.39 is 0 Å². The summed E-state index contributed by atoms with van der Waals surface area (Å²) < 4.78 is 4.82. The summed E-state index contributed by atoms with van der Waals surface area (Å²) in [5, 5.41) is 3.28. The number of esters is 1. The van der Waals surface area contributed by atoms with Gasteiger partial charge in [-0.05, 0) is 12.3 Å². The zero-order chi connectivity index (χ0) is 12.8. The fourth-order valence-corrected chi connectivity index (χ4v) is 2.17. The van der Waals surface area contributed by atoms with Crippen LogP contribution in [0.5, 0.6) is 0 Å². The molecule has 2 unspecified atom stereocenters. The molecular formula is C12H23N3O2. The number of ether oxygens (including phenoxy) is 1. The van der Waals surface area contributed by atoms with Gasteiger partial charge in [-0.1, -0.05) is 13.8 Å². The molecule has 5 nitrogen and oxygen atoms in total. The summed E-state index contributed by atoms with van der Waals surface area (Å²) >= 11 is 0. The van der Waals surface area contributed by atoms with Gasteiger partial charge in [-0.15, -0.1) is 0 Å². The predicted octanol–water partition coefficient (Wildman–Crippen LogP) is 0.713. The van der Waals surface area contributed by atoms with Crippen LogP contribution < -0.4 is 5.32 Å². The molecule has 1 saturated heterocycles. The van der Waals surface area contributed by atoms with Gasteiger partial charge in [-0.25, -0.2) is 0 Å². The number of carbonyl (C=O) groups is 1. The normalized spacial score (nSPS) is 24.9. The first-order chi connectivity index (χ1) is 8.13. The van der Waals surface area contributed by atoms with Gasteiger partial charge in [0.25, 0.3) is 0 Å². The number of aliphatic imine (C=N–C) groups is 1. The number of methoxy groups -OCH3 is 1. The Balaban J connectivity index is 2.60. The molecule has 1 N–H and O–H groups in total. The Bertz CT molecular complexity index is 291. The first kappa shape index (κ1) is 13.8. The Morgan fingerprint density at radius 2 is 2.24 bits per heavy atom. The molecule has 1 aliphatic heterocycles. The number of likely N-dealkylation sites (tertiary alicyclic amines) is 1. The quantitative estimate of drug-likeness (QED) is 0.449. The van der Waals surface area contributed by atoms with Gasteiger partial charge in [-0.3, -0.25) is 9.79 Å². The number of carbonyl (C=O) groups excluding carboxylic acids is 1. The Hall–Kier alpha value is -1.26. The van der Waals surface area contributed by atoms with Crippen LogP contribution in [0.3, 0.4) is 0 Å². The molecule has 2 atom stereocenters. The van der Waals surface area contributed by atoms with Crippen molar-refractivity contribution in [1.29, 1.82) is 0 Å². The van der Waals surface area contributed by atoms with E-state index in [2.05, 4.69) is 29.1 Å². The van der Waals surface area contributed by atoms with Crippen LogP contribution >= 0.6 is 0 Å². The fourth-order valence-electron chi connectivity index (χ4n) is 2.17. The topological polar surface area (TPSA) is 53.9 Å². The summed E-state index contributed by atoms with van der Waals surface area (Å²) in [4.78, 5) is 18.0. The van der Waals surface area contributed by atoms with Crippen LogP contribution in [0.2, 0.25) is 0 Å². The number of nitrogens with one attached hydrogen (secondary N) is 1. The molecule has 0 amide bonds. The average molecular weight is 241 g/mol. The number of rotatable bonds is 3. The Labute approximate surface area is 103 Å². The Morgan fingerprint density at radius 3 is 2.76 bits per heavy atom. The van der Waals surface area contributed by atoms with E-state index in [1.165, 1.54) is 7.11 Å². The summed E-state index contributed by atoms with van der Waals surface area (Å²) in [5.74, 6) is 1.03. The zero-order valence-electron chi connectivity index (χ0n) is 11.2. The molecule has 0 aromatic heterocycles. The van der Waals surface area contributed by atoms with Crippen LogP contribution in [0.25, 0.3) is 0 Å². The Kier molecular flexibility index (Phi) is 5.25. The van der Waals surface area contributed by atoms with E-state index in [4.69, 9.17) is 4.74 Å². The maximum Gasteiger partial charge on any atom is 0.310 e. The van der Waals surface area contributed by atoms with Gasteiger partial charge in [0.05, 0.1) is 13.0 Å². The third-order valence-electron chi connectivity index (χ3n) is 3.16. The molecule has 0 aromatic carbocycles. The van der Waals surface area contributed by atoms with Gasteiger partial charge in [0.2, 0.25) is 0 Å². The van der Waals surface area contributed by atoms with Crippen molar-refractivity contribution in [3.63, 3.8) is 0 Å². The van der Waals surface area contributed by atoms with Crippen molar-refractivity contribution in [2.24, 2.45) is 16.8 Å². The van der Waals surface area contributed by atoms with E-state index in [0.29, 0.717) is 12.5 Å². The van der Waals surface area contributed by atoms with Crippen LogP contribution in [0, 0.1) is 11.8 Å². The smallest absolute Gasteiger partial charge is 0.310 e. The molecule has 0 bridgehead atoms. The molecule has 5 heteroatoms. The molecule has 1 rings (SSSR count). The first-order valence-electron chi connectivity index (χ1n) is 6.17. The van der Waals surface area contributed by atoms with Gasteiger partial charge in [-0.2, -0.15) is 0 Å². The standard InChI is InChI=1S/C12H23N3O2/c1-5-6-14-12(13-3)15-7-9(2)10(8-15)11(16)17-4/h9-10H,5-8H2,1-4H3,(H,13,14). The number of guanidine groups is 1.